The molecule has 0 amide bonds. The quantitative estimate of drug-likeness (QED) is 0.193. The van der Waals surface area contributed by atoms with Crippen LogP contribution in [-0.2, 0) is 0 Å². The van der Waals surface area contributed by atoms with Crippen molar-refractivity contribution in [1.82, 2.24) is 9.38 Å². The van der Waals surface area contributed by atoms with Crippen LogP contribution in [0, 0.1) is 0 Å². The van der Waals surface area contributed by atoms with Crippen LogP contribution in [0.15, 0.2) is 150 Å². The zero-order valence-electron chi connectivity index (χ0n) is 25.1. The van der Waals surface area contributed by atoms with Crippen LogP contribution in [-0.4, -0.2) is 9.38 Å². The van der Waals surface area contributed by atoms with Crippen LogP contribution in [0.5, 0.6) is 0 Å². The summed E-state index contributed by atoms with van der Waals surface area (Å²) in [6.45, 7) is 0. The highest BCUT2D eigenvalue weighted by Crippen LogP contribution is 2.43. The number of benzene rings is 7. The molecule has 0 bridgehead atoms. The number of imidazole rings is 1. The summed E-state index contributed by atoms with van der Waals surface area (Å²) in [4.78, 5) is 5.33. The normalized spacial score (nSPS) is 12.3. The number of hydrogen-bond donors (Lipinski definition) is 0. The molecule has 218 valence electrons. The lowest BCUT2D eigenvalue weighted by atomic mass is 9.97. The predicted octanol–water partition coefficient (Wildman–Crippen LogP) is 12.4. The van der Waals surface area contributed by atoms with Crippen molar-refractivity contribution in [2.45, 2.75) is 0 Å². The average Bonchev–Trinajstić information content (AvgIpc) is 3.80. The maximum absolute atomic E-state index is 6.20. The van der Waals surface area contributed by atoms with Gasteiger partial charge in [0.2, 0.25) is 0 Å². The first-order valence-electron chi connectivity index (χ1n) is 15.9. The zero-order valence-corrected chi connectivity index (χ0v) is 25.9. The molecule has 0 aliphatic carbocycles. The Balaban J connectivity index is 1.20. The third-order valence-corrected chi connectivity index (χ3v) is 10.9. The SMILES string of the molecule is c1ccc2cc3c(cc2c1)nc1c2sc4cc5ccccc5cc4c2cc(-c2ccc(-c4cccc5oc6ccccc6c45)cc2)n31. The van der Waals surface area contributed by atoms with Gasteiger partial charge in [0.25, 0.3) is 0 Å². The third kappa shape index (κ3) is 3.59. The van der Waals surface area contributed by atoms with Gasteiger partial charge in [-0.05, 0) is 80.7 Å². The van der Waals surface area contributed by atoms with Crippen LogP contribution in [0.25, 0.3) is 103 Å². The Morgan fingerprint density at radius 1 is 0.532 bits per heavy atom. The molecule has 4 heterocycles. The van der Waals surface area contributed by atoms with Crippen molar-refractivity contribution in [3.63, 3.8) is 0 Å². The molecule has 4 aromatic heterocycles. The highest BCUT2D eigenvalue weighted by molar-refractivity contribution is 7.26. The number of hydrogen-bond acceptors (Lipinski definition) is 3. The first kappa shape index (κ1) is 25.2. The summed E-state index contributed by atoms with van der Waals surface area (Å²) in [5.41, 5.74) is 9.59. The second kappa shape index (κ2) is 9.29. The van der Waals surface area contributed by atoms with Gasteiger partial charge in [0.15, 0.2) is 5.65 Å². The first-order valence-corrected chi connectivity index (χ1v) is 16.7. The number of aromatic nitrogens is 2. The Labute approximate surface area is 272 Å². The molecule has 11 aromatic rings. The molecule has 0 aliphatic rings. The molecule has 0 saturated heterocycles. The molecule has 3 nitrogen and oxygen atoms in total. The van der Waals surface area contributed by atoms with Gasteiger partial charge in [0.05, 0.1) is 21.4 Å². The summed E-state index contributed by atoms with van der Waals surface area (Å²) in [5, 5.41) is 9.76. The van der Waals surface area contributed by atoms with Crippen LogP contribution in [0.4, 0.5) is 0 Å². The van der Waals surface area contributed by atoms with Crippen molar-refractivity contribution in [3.05, 3.63) is 146 Å². The number of thiophene rings is 1. The van der Waals surface area contributed by atoms with Gasteiger partial charge >= 0.3 is 0 Å². The Kier molecular flexibility index (Phi) is 4.99. The Hall–Kier alpha value is -5.97. The van der Waals surface area contributed by atoms with Crippen molar-refractivity contribution in [2.75, 3.05) is 0 Å². The lowest BCUT2D eigenvalue weighted by molar-refractivity contribution is 0.669. The molecule has 0 fully saturated rings. The van der Waals surface area contributed by atoms with Crippen molar-refractivity contribution in [3.8, 4) is 22.4 Å². The molecule has 0 aliphatic heterocycles. The Bertz CT molecular complexity index is 3070. The molecule has 0 saturated carbocycles. The molecular weight excluding hydrogens is 593 g/mol. The summed E-state index contributed by atoms with van der Waals surface area (Å²) >= 11 is 1.84. The van der Waals surface area contributed by atoms with E-state index in [0.717, 1.165) is 55.4 Å². The minimum absolute atomic E-state index is 0.911. The highest BCUT2D eigenvalue weighted by atomic mass is 32.1. The molecule has 4 heteroatoms. The van der Waals surface area contributed by atoms with E-state index < -0.39 is 0 Å². The van der Waals surface area contributed by atoms with Gasteiger partial charge in [0.1, 0.15) is 11.2 Å². The molecule has 0 atom stereocenters. The number of furan rings is 1. The van der Waals surface area contributed by atoms with E-state index in [1.165, 1.54) is 47.3 Å². The summed E-state index contributed by atoms with van der Waals surface area (Å²) in [6, 6.07) is 52.4. The van der Waals surface area contributed by atoms with Gasteiger partial charge < -0.3 is 4.42 Å². The van der Waals surface area contributed by atoms with Crippen molar-refractivity contribution >= 4 is 91.7 Å². The number of pyridine rings is 1. The van der Waals surface area contributed by atoms with Crippen LogP contribution in [0.2, 0.25) is 0 Å². The van der Waals surface area contributed by atoms with Gasteiger partial charge in [-0.3, -0.25) is 4.40 Å². The summed E-state index contributed by atoms with van der Waals surface area (Å²) in [6.07, 6.45) is 0. The minimum Gasteiger partial charge on any atom is -0.456 e. The van der Waals surface area contributed by atoms with Gasteiger partial charge in [-0.2, -0.15) is 0 Å². The Morgan fingerprint density at radius 2 is 1.21 bits per heavy atom. The monoisotopic (exact) mass is 616 g/mol. The van der Waals surface area contributed by atoms with Gasteiger partial charge in [-0.1, -0.05) is 103 Å². The van der Waals surface area contributed by atoms with E-state index >= 15 is 0 Å². The number of nitrogens with zero attached hydrogens (tertiary/aromatic N) is 2. The average molecular weight is 617 g/mol. The molecule has 11 rings (SSSR count). The molecule has 0 radical (unpaired) electrons. The molecular formula is C43H24N2OS. The number of rotatable bonds is 2. The second-order valence-electron chi connectivity index (χ2n) is 12.4. The topological polar surface area (TPSA) is 30.4 Å². The largest absolute Gasteiger partial charge is 0.456 e. The van der Waals surface area contributed by atoms with Crippen LogP contribution < -0.4 is 0 Å². The smallest absolute Gasteiger partial charge is 0.156 e. The van der Waals surface area contributed by atoms with E-state index in [1.807, 2.05) is 23.5 Å². The fourth-order valence-electron chi connectivity index (χ4n) is 7.52. The summed E-state index contributed by atoms with van der Waals surface area (Å²) in [7, 11) is 0. The van der Waals surface area contributed by atoms with E-state index in [4.69, 9.17) is 9.40 Å². The maximum Gasteiger partial charge on any atom is 0.156 e. The van der Waals surface area contributed by atoms with E-state index in [9.17, 15) is 0 Å². The fourth-order valence-corrected chi connectivity index (χ4v) is 8.71. The number of para-hydroxylation sites is 1. The van der Waals surface area contributed by atoms with Gasteiger partial charge in [0, 0.05) is 26.2 Å². The zero-order chi connectivity index (χ0) is 30.6. The van der Waals surface area contributed by atoms with Crippen molar-refractivity contribution in [1.29, 1.82) is 0 Å². The lowest BCUT2D eigenvalue weighted by Crippen LogP contribution is -1.93. The molecule has 7 aromatic carbocycles. The summed E-state index contributed by atoms with van der Waals surface area (Å²) < 4.78 is 11.1. The predicted molar refractivity (Wildman–Crippen MR) is 199 cm³/mol. The van der Waals surface area contributed by atoms with Gasteiger partial charge in [-0.15, -0.1) is 11.3 Å². The third-order valence-electron chi connectivity index (χ3n) is 9.74. The standard InChI is InChI=1S/C43H24N2OS/c1-4-11-30-23-40-33(20-27(30)8-1)34-24-36(45-37-22-29-10-3-2-9-28(29)21-35(37)44-43(45)42(34)47-40)26-18-16-25(17-19-26)31-13-7-15-39-41(31)32-12-5-6-14-38(32)46-39/h1-24H. The van der Waals surface area contributed by atoms with Crippen molar-refractivity contribution in [2.24, 2.45) is 0 Å². The molecule has 0 spiro atoms. The van der Waals surface area contributed by atoms with Crippen molar-refractivity contribution < 1.29 is 4.42 Å². The minimum atomic E-state index is 0.911. The van der Waals surface area contributed by atoms with E-state index in [1.54, 1.807) is 0 Å². The summed E-state index contributed by atoms with van der Waals surface area (Å²) in [5.74, 6) is 0. The Morgan fingerprint density at radius 3 is 2.04 bits per heavy atom. The van der Waals surface area contributed by atoms with E-state index in [-0.39, 0.29) is 0 Å². The first-order chi connectivity index (χ1) is 23.3. The highest BCUT2D eigenvalue weighted by Gasteiger charge is 2.19. The van der Waals surface area contributed by atoms with E-state index in [2.05, 4.69) is 138 Å². The lowest BCUT2D eigenvalue weighted by Gasteiger charge is -2.11. The van der Waals surface area contributed by atoms with Crippen LogP contribution in [0.1, 0.15) is 0 Å². The van der Waals surface area contributed by atoms with Crippen LogP contribution in [0.3, 0.4) is 0 Å². The number of fused-ring (bicyclic) bond motifs is 12. The fraction of sp³-hybridized carbons (Fsp3) is 0. The van der Waals surface area contributed by atoms with E-state index in [0.29, 0.717) is 0 Å². The second-order valence-corrected chi connectivity index (χ2v) is 13.4. The molecule has 47 heavy (non-hydrogen) atoms. The molecule has 0 unspecified atom stereocenters. The maximum atomic E-state index is 6.20. The van der Waals surface area contributed by atoms with Gasteiger partial charge in [-0.25, -0.2) is 4.98 Å². The van der Waals surface area contributed by atoms with Crippen LogP contribution >= 0.6 is 11.3 Å². The molecule has 0 N–H and O–H groups in total.